The normalized spacial score (nSPS) is 12.3. The summed E-state index contributed by atoms with van der Waals surface area (Å²) in [5.74, 6) is 0.487. The van der Waals surface area contributed by atoms with Gasteiger partial charge in [-0.3, -0.25) is 4.99 Å². The summed E-state index contributed by atoms with van der Waals surface area (Å²) in [6.45, 7) is 1.24. The van der Waals surface area contributed by atoms with Crippen molar-refractivity contribution < 1.29 is 17.9 Å². The Labute approximate surface area is 148 Å². The van der Waals surface area contributed by atoms with Crippen LogP contribution in [0.15, 0.2) is 34.6 Å². The van der Waals surface area contributed by atoms with Gasteiger partial charge in [0.2, 0.25) is 0 Å². The minimum atomic E-state index is -4.41. The Kier molecular flexibility index (Phi) is 6.77. The first-order valence-corrected chi connectivity index (χ1v) is 8.33. The Balaban J connectivity index is 1.87. The molecule has 9 heteroatoms. The van der Waals surface area contributed by atoms with E-state index in [0.717, 1.165) is 27.8 Å². The molecule has 0 bridgehead atoms. The van der Waals surface area contributed by atoms with Gasteiger partial charge in [0, 0.05) is 26.1 Å². The van der Waals surface area contributed by atoms with Crippen LogP contribution in [0.4, 0.5) is 13.2 Å². The second kappa shape index (κ2) is 8.82. The summed E-state index contributed by atoms with van der Waals surface area (Å²) in [5, 5.41) is 7.42. The molecule has 0 radical (unpaired) electrons. The van der Waals surface area contributed by atoms with Crippen LogP contribution in [0.3, 0.4) is 0 Å². The van der Waals surface area contributed by atoms with E-state index in [0.29, 0.717) is 24.1 Å². The largest absolute Gasteiger partial charge is 0.434 e. The van der Waals surface area contributed by atoms with Crippen molar-refractivity contribution in [2.45, 2.75) is 25.9 Å². The zero-order chi connectivity index (χ0) is 18.3. The molecule has 25 heavy (non-hydrogen) atoms. The van der Waals surface area contributed by atoms with E-state index < -0.39 is 11.9 Å². The Morgan fingerprint density at radius 2 is 1.96 bits per heavy atom. The molecule has 0 unspecified atom stereocenters. The van der Waals surface area contributed by atoms with Gasteiger partial charge in [0.05, 0.1) is 13.2 Å². The van der Waals surface area contributed by atoms with Crippen LogP contribution in [0.5, 0.6) is 0 Å². The third kappa shape index (κ3) is 6.02. The van der Waals surface area contributed by atoms with Gasteiger partial charge in [0.1, 0.15) is 5.01 Å². The average Bonchev–Trinajstić information content (AvgIpc) is 3.05. The fourth-order valence-corrected chi connectivity index (χ4v) is 2.82. The topological polar surface area (TPSA) is 58.5 Å². The molecule has 0 aliphatic heterocycles. The number of nitrogens with zero attached hydrogens (tertiary/aromatic N) is 2. The Hall–Kier alpha value is -2.13. The summed E-state index contributed by atoms with van der Waals surface area (Å²) in [4.78, 5) is 7.63. The van der Waals surface area contributed by atoms with Gasteiger partial charge in [-0.05, 0) is 11.1 Å². The molecule has 136 valence electrons. The average molecular weight is 372 g/mol. The molecule has 1 aromatic carbocycles. The fourth-order valence-electron chi connectivity index (χ4n) is 2.08. The van der Waals surface area contributed by atoms with Gasteiger partial charge in [-0.1, -0.05) is 24.3 Å². The molecule has 0 spiro atoms. The van der Waals surface area contributed by atoms with Gasteiger partial charge in [-0.25, -0.2) is 4.98 Å². The first kappa shape index (κ1) is 19.2. The molecule has 0 aliphatic rings. The van der Waals surface area contributed by atoms with Crippen molar-refractivity contribution in [3.63, 3.8) is 0 Å². The summed E-state index contributed by atoms with van der Waals surface area (Å²) in [6, 6.07) is 7.90. The van der Waals surface area contributed by atoms with Crippen molar-refractivity contribution in [1.82, 2.24) is 15.6 Å². The number of hydrogen-bond acceptors (Lipinski definition) is 4. The summed E-state index contributed by atoms with van der Waals surface area (Å²) in [6.07, 6.45) is -4.41. The number of nitrogens with one attached hydrogen (secondary N) is 2. The Morgan fingerprint density at radius 1 is 1.24 bits per heavy atom. The molecule has 5 nitrogen and oxygen atoms in total. The number of ether oxygens (including phenoxy) is 1. The number of benzene rings is 1. The van der Waals surface area contributed by atoms with Crippen molar-refractivity contribution in [3.8, 4) is 0 Å². The zero-order valence-electron chi connectivity index (χ0n) is 13.9. The maximum Gasteiger partial charge on any atom is 0.434 e. The first-order valence-electron chi connectivity index (χ1n) is 7.45. The second-order valence-electron chi connectivity index (χ2n) is 5.16. The highest BCUT2D eigenvalue weighted by molar-refractivity contribution is 7.09. The molecule has 0 amide bonds. The number of rotatable bonds is 6. The van der Waals surface area contributed by atoms with E-state index >= 15 is 0 Å². The quantitative estimate of drug-likeness (QED) is 0.604. The molecule has 2 N–H and O–H groups in total. The summed E-state index contributed by atoms with van der Waals surface area (Å²) >= 11 is 0.960. The zero-order valence-corrected chi connectivity index (χ0v) is 14.7. The van der Waals surface area contributed by atoms with E-state index in [-0.39, 0.29) is 6.54 Å². The van der Waals surface area contributed by atoms with Gasteiger partial charge in [0.15, 0.2) is 11.7 Å². The van der Waals surface area contributed by atoms with Gasteiger partial charge >= 0.3 is 6.18 Å². The highest BCUT2D eigenvalue weighted by atomic mass is 32.1. The van der Waals surface area contributed by atoms with E-state index in [1.165, 1.54) is 0 Å². The van der Waals surface area contributed by atoms with Gasteiger partial charge in [0.25, 0.3) is 0 Å². The third-order valence-electron chi connectivity index (χ3n) is 3.24. The molecule has 0 saturated carbocycles. The number of hydrogen-bond donors (Lipinski definition) is 2. The van der Waals surface area contributed by atoms with Crippen molar-refractivity contribution in [1.29, 1.82) is 0 Å². The standard InChI is InChI=1S/C16H19F3N4OS/c1-20-15(21-7-11-4-3-5-12(6-11)9-24-2)22-8-14-23-13(10-25-14)16(17,18)19/h3-6,10H,7-9H2,1-2H3,(H2,20,21,22). The van der Waals surface area contributed by atoms with Crippen molar-refractivity contribution in [3.05, 3.63) is 51.5 Å². The molecule has 2 rings (SSSR count). The van der Waals surface area contributed by atoms with Crippen LogP contribution in [-0.2, 0) is 30.6 Å². The highest BCUT2D eigenvalue weighted by Gasteiger charge is 2.33. The number of aliphatic imine (C=N–C) groups is 1. The fraction of sp³-hybridized carbons (Fsp3) is 0.375. The van der Waals surface area contributed by atoms with E-state index in [9.17, 15) is 13.2 Å². The Morgan fingerprint density at radius 3 is 2.60 bits per heavy atom. The summed E-state index contributed by atoms with van der Waals surface area (Å²) < 4.78 is 42.7. The number of thiazole rings is 1. The van der Waals surface area contributed by atoms with Crippen LogP contribution in [-0.4, -0.2) is 25.1 Å². The van der Waals surface area contributed by atoms with Crippen LogP contribution in [0.1, 0.15) is 21.8 Å². The first-order chi connectivity index (χ1) is 11.9. The van der Waals surface area contributed by atoms with E-state index in [1.54, 1.807) is 14.2 Å². The van der Waals surface area contributed by atoms with Crippen LogP contribution in [0.25, 0.3) is 0 Å². The summed E-state index contributed by atoms with van der Waals surface area (Å²) in [5.41, 5.74) is 1.24. The van der Waals surface area contributed by atoms with Gasteiger partial charge in [-0.2, -0.15) is 13.2 Å². The maximum absolute atomic E-state index is 12.5. The van der Waals surface area contributed by atoms with E-state index in [4.69, 9.17) is 4.74 Å². The maximum atomic E-state index is 12.5. The van der Waals surface area contributed by atoms with Crippen molar-refractivity contribution in [2.75, 3.05) is 14.2 Å². The SMILES string of the molecule is CN=C(NCc1cccc(COC)c1)NCc1nc(C(F)(F)F)cs1. The molecular formula is C16H19F3N4OS. The lowest BCUT2D eigenvalue weighted by Gasteiger charge is -2.11. The lowest BCUT2D eigenvalue weighted by molar-refractivity contribution is -0.140. The molecule has 1 aromatic heterocycles. The van der Waals surface area contributed by atoms with Gasteiger partial charge in [-0.15, -0.1) is 11.3 Å². The lowest BCUT2D eigenvalue weighted by Crippen LogP contribution is -2.36. The number of methoxy groups -OCH3 is 1. The molecular weight excluding hydrogens is 353 g/mol. The molecule has 0 aliphatic carbocycles. The number of aromatic nitrogens is 1. The predicted molar refractivity (Wildman–Crippen MR) is 91.3 cm³/mol. The van der Waals surface area contributed by atoms with E-state index in [1.807, 2.05) is 24.3 Å². The summed E-state index contributed by atoms with van der Waals surface area (Å²) in [7, 11) is 3.24. The minimum absolute atomic E-state index is 0.171. The molecule has 0 atom stereocenters. The molecule has 0 fully saturated rings. The van der Waals surface area contributed by atoms with Crippen LogP contribution >= 0.6 is 11.3 Å². The van der Waals surface area contributed by atoms with Crippen LogP contribution < -0.4 is 10.6 Å². The monoisotopic (exact) mass is 372 g/mol. The lowest BCUT2D eigenvalue weighted by atomic mass is 10.1. The van der Waals surface area contributed by atoms with Crippen molar-refractivity contribution >= 4 is 17.3 Å². The number of guanidine groups is 1. The minimum Gasteiger partial charge on any atom is -0.380 e. The number of alkyl halides is 3. The smallest absolute Gasteiger partial charge is 0.380 e. The molecule has 1 heterocycles. The van der Waals surface area contributed by atoms with Crippen LogP contribution in [0.2, 0.25) is 0 Å². The highest BCUT2D eigenvalue weighted by Crippen LogP contribution is 2.29. The van der Waals surface area contributed by atoms with E-state index in [2.05, 4.69) is 20.6 Å². The van der Waals surface area contributed by atoms with Crippen molar-refractivity contribution in [2.24, 2.45) is 4.99 Å². The van der Waals surface area contributed by atoms with Gasteiger partial charge < -0.3 is 15.4 Å². The Bertz CT molecular complexity index is 715. The van der Waals surface area contributed by atoms with Crippen LogP contribution in [0, 0.1) is 0 Å². The molecule has 2 aromatic rings. The third-order valence-corrected chi connectivity index (χ3v) is 4.08. The molecule has 0 saturated heterocycles. The number of halogens is 3. The predicted octanol–water partition coefficient (Wildman–Crippen LogP) is 3.17. The second-order valence-corrected chi connectivity index (χ2v) is 6.10.